The van der Waals surface area contributed by atoms with E-state index in [4.69, 9.17) is 0 Å². The summed E-state index contributed by atoms with van der Waals surface area (Å²) in [6.07, 6.45) is 0.305. The molecule has 0 atom stereocenters. The number of nitrogens with one attached hydrogen (secondary N) is 2. The number of hydrogen-bond acceptors (Lipinski definition) is 2. The van der Waals surface area contributed by atoms with Gasteiger partial charge in [0.15, 0.2) is 0 Å². The van der Waals surface area contributed by atoms with Crippen LogP contribution in [0.5, 0.6) is 0 Å². The monoisotopic (exact) mass is 312 g/mol. The predicted molar refractivity (Wildman–Crippen MR) is 77.3 cm³/mol. The van der Waals surface area contributed by atoms with Crippen LogP contribution in [0.4, 0.5) is 18.9 Å². The van der Waals surface area contributed by atoms with Gasteiger partial charge in [-0.2, -0.15) is 13.2 Å². The fourth-order valence-electron chi connectivity index (χ4n) is 2.76. The largest absolute Gasteiger partial charge is 0.416 e. The van der Waals surface area contributed by atoms with Gasteiger partial charge in [0, 0.05) is 11.7 Å². The molecule has 0 unspecified atom stereocenters. The molecule has 1 aromatic carbocycles. The van der Waals surface area contributed by atoms with Crippen molar-refractivity contribution in [2.45, 2.75) is 37.9 Å². The maximum Gasteiger partial charge on any atom is 0.416 e. The number of benzene rings is 1. The van der Waals surface area contributed by atoms with Crippen LogP contribution in [0.1, 0.15) is 31.2 Å². The van der Waals surface area contributed by atoms with E-state index in [1.807, 2.05) is 0 Å². The minimum Gasteiger partial charge on any atom is -0.376 e. The summed E-state index contributed by atoms with van der Waals surface area (Å²) >= 11 is 0. The van der Waals surface area contributed by atoms with Crippen molar-refractivity contribution in [3.8, 4) is 0 Å². The first kappa shape index (κ1) is 15.2. The van der Waals surface area contributed by atoms with Crippen molar-refractivity contribution >= 4 is 11.6 Å². The Labute approximate surface area is 127 Å². The Bertz CT molecular complexity index is 539. The van der Waals surface area contributed by atoms with E-state index in [0.717, 1.165) is 12.1 Å². The zero-order valence-electron chi connectivity index (χ0n) is 12.1. The summed E-state index contributed by atoms with van der Waals surface area (Å²) in [7, 11) is 0. The highest BCUT2D eigenvalue weighted by molar-refractivity contribution is 5.81. The number of rotatable bonds is 6. The maximum atomic E-state index is 12.6. The van der Waals surface area contributed by atoms with Crippen LogP contribution in [-0.4, -0.2) is 18.5 Å². The second-order valence-electron chi connectivity index (χ2n) is 6.20. The summed E-state index contributed by atoms with van der Waals surface area (Å²) in [4.78, 5) is 12.0. The van der Waals surface area contributed by atoms with Crippen LogP contribution >= 0.6 is 0 Å². The number of carbonyl (C=O) groups excluding carboxylic acids is 1. The first-order valence-electron chi connectivity index (χ1n) is 7.64. The normalized spacial score (nSPS) is 18.4. The number of alkyl halides is 3. The van der Waals surface area contributed by atoms with Gasteiger partial charge in [-0.25, -0.2) is 0 Å². The van der Waals surface area contributed by atoms with Crippen molar-refractivity contribution in [2.75, 3.05) is 11.9 Å². The Kier molecular flexibility index (Phi) is 4.02. The maximum absolute atomic E-state index is 12.6. The van der Waals surface area contributed by atoms with Gasteiger partial charge in [0.05, 0.1) is 12.1 Å². The van der Waals surface area contributed by atoms with Gasteiger partial charge >= 0.3 is 6.18 Å². The van der Waals surface area contributed by atoms with E-state index in [1.165, 1.54) is 37.8 Å². The molecular formula is C16H19F3N2O. The molecule has 1 amide bonds. The summed E-state index contributed by atoms with van der Waals surface area (Å²) in [6, 6.07) is 5.16. The Morgan fingerprint density at radius 2 is 1.82 bits per heavy atom. The second-order valence-corrected chi connectivity index (χ2v) is 6.20. The third kappa shape index (κ3) is 3.93. The first-order chi connectivity index (χ1) is 10.4. The van der Waals surface area contributed by atoms with E-state index in [2.05, 4.69) is 10.6 Å². The van der Waals surface area contributed by atoms with E-state index < -0.39 is 11.7 Å². The molecule has 0 bridgehead atoms. The van der Waals surface area contributed by atoms with Crippen LogP contribution in [0, 0.1) is 11.8 Å². The minimum absolute atomic E-state index is 0.00273. The lowest BCUT2D eigenvalue weighted by Gasteiger charge is -2.18. The highest BCUT2D eigenvalue weighted by Crippen LogP contribution is 2.44. The molecule has 0 saturated heterocycles. The van der Waals surface area contributed by atoms with Crippen LogP contribution in [-0.2, 0) is 11.0 Å². The van der Waals surface area contributed by atoms with E-state index in [0.29, 0.717) is 17.5 Å². The molecule has 1 aromatic rings. The fraction of sp³-hybridized carbons (Fsp3) is 0.562. The Morgan fingerprint density at radius 1 is 1.18 bits per heavy atom. The van der Waals surface area contributed by atoms with Gasteiger partial charge in [0.2, 0.25) is 5.91 Å². The van der Waals surface area contributed by atoms with Crippen molar-refractivity contribution in [1.82, 2.24) is 5.32 Å². The van der Waals surface area contributed by atoms with E-state index in [1.54, 1.807) is 0 Å². The molecule has 2 saturated carbocycles. The molecule has 3 nitrogen and oxygen atoms in total. The molecular weight excluding hydrogens is 293 g/mol. The quantitative estimate of drug-likeness (QED) is 0.845. The fourth-order valence-corrected chi connectivity index (χ4v) is 2.76. The third-order valence-electron chi connectivity index (χ3n) is 4.23. The average Bonchev–Trinajstić information content (AvgIpc) is 3.35. The van der Waals surface area contributed by atoms with Crippen LogP contribution < -0.4 is 10.6 Å². The lowest BCUT2D eigenvalue weighted by atomic mass is 10.1. The Hall–Kier alpha value is -1.72. The first-order valence-corrected chi connectivity index (χ1v) is 7.64. The van der Waals surface area contributed by atoms with Gasteiger partial charge in [0.25, 0.3) is 0 Å². The molecule has 0 aliphatic heterocycles. The highest BCUT2D eigenvalue weighted by atomic mass is 19.4. The van der Waals surface area contributed by atoms with Crippen LogP contribution in [0.25, 0.3) is 0 Å². The van der Waals surface area contributed by atoms with Crippen LogP contribution in [0.3, 0.4) is 0 Å². The summed E-state index contributed by atoms with van der Waals surface area (Å²) in [5, 5.41) is 5.80. The summed E-state index contributed by atoms with van der Waals surface area (Å²) < 4.78 is 37.9. The van der Waals surface area contributed by atoms with Crippen molar-refractivity contribution < 1.29 is 18.0 Å². The molecule has 0 heterocycles. The standard InChI is InChI=1S/C16H19F3N2O/c17-16(18,19)12-2-1-3-13(8-12)20-9-14(22)21-15(10-4-5-10)11-6-7-11/h1-3,8,10-11,15,20H,4-7,9H2,(H,21,22). The number of carbonyl (C=O) groups is 1. The molecule has 0 aromatic heterocycles. The lowest BCUT2D eigenvalue weighted by Crippen LogP contribution is -2.41. The van der Waals surface area contributed by atoms with Gasteiger partial charge in [-0.3, -0.25) is 4.79 Å². The van der Waals surface area contributed by atoms with E-state index in [-0.39, 0.29) is 18.5 Å². The number of anilines is 1. The number of halogens is 3. The van der Waals surface area contributed by atoms with Crippen molar-refractivity contribution in [2.24, 2.45) is 11.8 Å². The summed E-state index contributed by atoms with van der Waals surface area (Å²) in [5.74, 6) is 1.05. The molecule has 6 heteroatoms. The topological polar surface area (TPSA) is 41.1 Å². The van der Waals surface area contributed by atoms with Crippen molar-refractivity contribution in [1.29, 1.82) is 0 Å². The molecule has 2 aliphatic carbocycles. The number of amides is 1. The van der Waals surface area contributed by atoms with E-state index >= 15 is 0 Å². The zero-order valence-corrected chi connectivity index (χ0v) is 12.1. The average molecular weight is 312 g/mol. The van der Waals surface area contributed by atoms with Crippen LogP contribution in [0.2, 0.25) is 0 Å². The van der Waals surface area contributed by atoms with E-state index in [9.17, 15) is 18.0 Å². The van der Waals surface area contributed by atoms with Gasteiger partial charge in [-0.05, 0) is 55.7 Å². The Balaban J connectivity index is 1.52. The summed E-state index contributed by atoms with van der Waals surface area (Å²) in [6.45, 7) is -0.00273. The van der Waals surface area contributed by atoms with Gasteiger partial charge < -0.3 is 10.6 Å². The lowest BCUT2D eigenvalue weighted by molar-refractivity contribution is -0.137. The molecule has 0 spiro atoms. The molecule has 120 valence electrons. The summed E-state index contributed by atoms with van der Waals surface area (Å²) in [5.41, 5.74) is -0.411. The molecule has 2 fully saturated rings. The molecule has 2 N–H and O–H groups in total. The molecule has 22 heavy (non-hydrogen) atoms. The molecule has 2 aliphatic rings. The predicted octanol–water partition coefficient (Wildman–Crippen LogP) is 3.42. The zero-order chi connectivity index (χ0) is 15.7. The van der Waals surface area contributed by atoms with Gasteiger partial charge in [-0.15, -0.1) is 0 Å². The highest BCUT2D eigenvalue weighted by Gasteiger charge is 2.42. The Morgan fingerprint density at radius 3 is 2.36 bits per heavy atom. The van der Waals surface area contributed by atoms with Crippen molar-refractivity contribution in [3.63, 3.8) is 0 Å². The molecule has 3 rings (SSSR count). The van der Waals surface area contributed by atoms with Crippen LogP contribution in [0.15, 0.2) is 24.3 Å². The third-order valence-corrected chi connectivity index (χ3v) is 4.23. The van der Waals surface area contributed by atoms with Crippen molar-refractivity contribution in [3.05, 3.63) is 29.8 Å². The SMILES string of the molecule is O=C(CNc1cccc(C(F)(F)F)c1)NC(C1CC1)C1CC1. The van der Waals surface area contributed by atoms with Gasteiger partial charge in [-0.1, -0.05) is 6.07 Å². The minimum atomic E-state index is -4.37. The second kappa shape index (κ2) is 5.82. The smallest absolute Gasteiger partial charge is 0.376 e. The molecule has 0 radical (unpaired) electrons. The van der Waals surface area contributed by atoms with Gasteiger partial charge in [0.1, 0.15) is 0 Å². The number of hydrogen-bond donors (Lipinski definition) is 2.